The predicted molar refractivity (Wildman–Crippen MR) is 94.0 cm³/mol. The lowest BCUT2D eigenvalue weighted by atomic mass is 9.86. The number of allylic oxidation sites excluding steroid dienone is 1. The van der Waals surface area contributed by atoms with Gasteiger partial charge in [0.2, 0.25) is 5.78 Å². The molecule has 23 heavy (non-hydrogen) atoms. The van der Waals surface area contributed by atoms with E-state index in [-0.39, 0.29) is 11.2 Å². The molecule has 0 fully saturated rings. The number of carbonyl (C=O) groups is 1. The summed E-state index contributed by atoms with van der Waals surface area (Å²) in [5, 5.41) is 0. The molecule has 1 aliphatic rings. The van der Waals surface area contributed by atoms with Crippen molar-refractivity contribution < 1.29 is 9.53 Å². The Bertz CT molecular complexity index is 803. The zero-order valence-electron chi connectivity index (χ0n) is 14.4. The number of aryl methyl sites for hydroxylation is 2. The lowest BCUT2D eigenvalue weighted by molar-refractivity contribution is 0.101. The molecule has 0 saturated carbocycles. The molecule has 0 aromatic heterocycles. The second kappa shape index (κ2) is 5.38. The maximum atomic E-state index is 12.5. The number of benzene rings is 2. The summed E-state index contributed by atoms with van der Waals surface area (Å²) in [6.07, 6.45) is 1.82. The summed E-state index contributed by atoms with van der Waals surface area (Å²) in [5.74, 6) is 1.02. The van der Waals surface area contributed by atoms with Crippen LogP contribution in [0.15, 0.2) is 42.2 Å². The van der Waals surface area contributed by atoms with Gasteiger partial charge in [0.25, 0.3) is 0 Å². The van der Waals surface area contributed by atoms with Crippen LogP contribution in [0.1, 0.15) is 53.4 Å². The highest BCUT2D eigenvalue weighted by Crippen LogP contribution is 2.34. The van der Waals surface area contributed by atoms with Gasteiger partial charge in [-0.05, 0) is 59.7 Å². The molecule has 0 amide bonds. The second-order valence-corrected chi connectivity index (χ2v) is 7.24. The minimum Gasteiger partial charge on any atom is -0.452 e. The summed E-state index contributed by atoms with van der Waals surface area (Å²) >= 11 is 0. The lowest BCUT2D eigenvalue weighted by Gasteiger charge is -2.18. The topological polar surface area (TPSA) is 26.3 Å². The fraction of sp³-hybridized carbons (Fsp3) is 0.286. The van der Waals surface area contributed by atoms with E-state index in [1.165, 1.54) is 5.56 Å². The van der Waals surface area contributed by atoms with Crippen molar-refractivity contribution in [1.82, 2.24) is 0 Å². The number of ketones is 1. The summed E-state index contributed by atoms with van der Waals surface area (Å²) in [7, 11) is 0. The Hall–Kier alpha value is -2.35. The smallest absolute Gasteiger partial charge is 0.231 e. The van der Waals surface area contributed by atoms with Crippen molar-refractivity contribution in [1.29, 1.82) is 0 Å². The fourth-order valence-electron chi connectivity index (χ4n) is 2.67. The Labute approximate surface area is 137 Å². The first-order valence-corrected chi connectivity index (χ1v) is 7.92. The van der Waals surface area contributed by atoms with Crippen LogP contribution in [0.2, 0.25) is 0 Å². The van der Waals surface area contributed by atoms with Gasteiger partial charge in [-0.1, -0.05) is 45.0 Å². The van der Waals surface area contributed by atoms with Crippen LogP contribution in [-0.2, 0) is 5.41 Å². The van der Waals surface area contributed by atoms with Crippen LogP contribution in [0.25, 0.3) is 6.08 Å². The normalized spacial score (nSPS) is 15.7. The maximum Gasteiger partial charge on any atom is 0.231 e. The summed E-state index contributed by atoms with van der Waals surface area (Å²) in [5.41, 5.74) is 5.27. The number of fused-ring (bicyclic) bond motifs is 1. The van der Waals surface area contributed by atoms with Gasteiger partial charge in [0.1, 0.15) is 5.75 Å². The second-order valence-electron chi connectivity index (χ2n) is 7.24. The summed E-state index contributed by atoms with van der Waals surface area (Å²) < 4.78 is 5.77. The highest BCUT2D eigenvalue weighted by molar-refractivity contribution is 6.14. The number of ether oxygens (including phenoxy) is 1. The third-order valence-corrected chi connectivity index (χ3v) is 4.36. The van der Waals surface area contributed by atoms with Gasteiger partial charge in [-0.2, -0.15) is 0 Å². The fourth-order valence-corrected chi connectivity index (χ4v) is 2.67. The van der Waals surface area contributed by atoms with Crippen LogP contribution in [0, 0.1) is 13.8 Å². The molecule has 0 spiro atoms. The SMILES string of the molecule is Cc1cc2c(cc1C)C(=O)/C(=C/c1ccc(C(C)(C)C)cc1)O2. The maximum absolute atomic E-state index is 12.5. The first-order valence-electron chi connectivity index (χ1n) is 7.92. The predicted octanol–water partition coefficient (Wildman–Crippen LogP) is 5.22. The van der Waals surface area contributed by atoms with Crippen molar-refractivity contribution in [3.63, 3.8) is 0 Å². The van der Waals surface area contributed by atoms with Gasteiger partial charge in [0.15, 0.2) is 5.76 Å². The molecule has 118 valence electrons. The van der Waals surface area contributed by atoms with Crippen molar-refractivity contribution in [2.24, 2.45) is 0 Å². The zero-order chi connectivity index (χ0) is 16.8. The van der Waals surface area contributed by atoms with Crippen molar-refractivity contribution in [3.05, 3.63) is 70.0 Å². The van der Waals surface area contributed by atoms with Crippen molar-refractivity contribution >= 4 is 11.9 Å². The third-order valence-electron chi connectivity index (χ3n) is 4.36. The van der Waals surface area contributed by atoms with Crippen molar-refractivity contribution in [3.8, 4) is 5.75 Å². The van der Waals surface area contributed by atoms with E-state index in [1.54, 1.807) is 0 Å². The van der Waals surface area contributed by atoms with Crippen LogP contribution in [0.3, 0.4) is 0 Å². The number of Topliss-reactive ketones (excluding diaryl/α,β-unsaturated/α-hetero) is 1. The molecular formula is C21H22O2. The van der Waals surface area contributed by atoms with Gasteiger partial charge in [-0.3, -0.25) is 4.79 Å². The molecule has 1 aliphatic heterocycles. The molecule has 0 bridgehead atoms. The average Bonchev–Trinajstić information content (AvgIpc) is 2.76. The minimum atomic E-state index is -0.0389. The first-order chi connectivity index (χ1) is 10.8. The Balaban J connectivity index is 1.91. The molecule has 2 aromatic carbocycles. The molecule has 2 nitrogen and oxygen atoms in total. The summed E-state index contributed by atoms with van der Waals surface area (Å²) in [6.45, 7) is 10.6. The van der Waals surface area contributed by atoms with Gasteiger partial charge in [-0.15, -0.1) is 0 Å². The van der Waals surface area contributed by atoms with Crippen LogP contribution in [-0.4, -0.2) is 5.78 Å². The van der Waals surface area contributed by atoms with Crippen LogP contribution in [0.5, 0.6) is 5.75 Å². The molecule has 0 radical (unpaired) electrons. The molecule has 0 saturated heterocycles. The standard InChI is InChI=1S/C21H22O2/c1-13-10-17-18(11-14(13)2)23-19(20(17)22)12-15-6-8-16(9-7-15)21(3,4)5/h6-12H,1-5H3/b19-12-. The highest BCUT2D eigenvalue weighted by atomic mass is 16.5. The Morgan fingerprint density at radius 2 is 1.57 bits per heavy atom. The summed E-state index contributed by atoms with van der Waals surface area (Å²) in [6, 6.07) is 12.1. The number of carbonyl (C=O) groups excluding carboxylic acids is 1. The highest BCUT2D eigenvalue weighted by Gasteiger charge is 2.27. The van der Waals surface area contributed by atoms with Crippen LogP contribution >= 0.6 is 0 Å². The molecule has 0 aliphatic carbocycles. The van der Waals surface area contributed by atoms with E-state index in [2.05, 4.69) is 32.9 Å². The molecule has 2 heteroatoms. The van der Waals surface area contributed by atoms with Crippen LogP contribution < -0.4 is 4.74 Å². The largest absolute Gasteiger partial charge is 0.452 e. The number of rotatable bonds is 1. The average molecular weight is 306 g/mol. The van der Waals surface area contributed by atoms with E-state index >= 15 is 0 Å². The van der Waals surface area contributed by atoms with Crippen molar-refractivity contribution in [2.75, 3.05) is 0 Å². The first kappa shape index (κ1) is 15.5. The number of hydrogen-bond acceptors (Lipinski definition) is 2. The van der Waals surface area contributed by atoms with Gasteiger partial charge in [0.05, 0.1) is 5.56 Å². The molecule has 3 rings (SSSR count). The summed E-state index contributed by atoms with van der Waals surface area (Å²) in [4.78, 5) is 12.5. The van der Waals surface area contributed by atoms with Gasteiger partial charge >= 0.3 is 0 Å². The third kappa shape index (κ3) is 2.94. The van der Waals surface area contributed by atoms with E-state index in [1.807, 2.05) is 44.2 Å². The molecule has 0 atom stereocenters. The minimum absolute atomic E-state index is 0.0389. The quantitative estimate of drug-likeness (QED) is 0.675. The van der Waals surface area contributed by atoms with E-state index < -0.39 is 0 Å². The van der Waals surface area contributed by atoms with Gasteiger partial charge in [-0.25, -0.2) is 0 Å². The van der Waals surface area contributed by atoms with E-state index in [4.69, 9.17) is 4.74 Å². The van der Waals surface area contributed by atoms with Crippen molar-refractivity contribution in [2.45, 2.75) is 40.0 Å². The number of hydrogen-bond donors (Lipinski definition) is 0. The monoisotopic (exact) mass is 306 g/mol. The lowest BCUT2D eigenvalue weighted by Crippen LogP contribution is -2.10. The molecular weight excluding hydrogens is 284 g/mol. The molecule has 2 aromatic rings. The molecule has 1 heterocycles. The van der Waals surface area contributed by atoms with Crippen LogP contribution in [0.4, 0.5) is 0 Å². The molecule has 0 N–H and O–H groups in total. The Morgan fingerprint density at radius 1 is 0.957 bits per heavy atom. The van der Waals surface area contributed by atoms with E-state index in [9.17, 15) is 4.79 Å². The van der Waals surface area contributed by atoms with E-state index in [0.29, 0.717) is 17.1 Å². The van der Waals surface area contributed by atoms with Gasteiger partial charge < -0.3 is 4.74 Å². The van der Waals surface area contributed by atoms with E-state index in [0.717, 1.165) is 16.7 Å². The zero-order valence-corrected chi connectivity index (χ0v) is 14.4. The Kier molecular flexibility index (Phi) is 3.63. The van der Waals surface area contributed by atoms with Gasteiger partial charge in [0, 0.05) is 0 Å². The Morgan fingerprint density at radius 3 is 2.17 bits per heavy atom. The molecule has 0 unspecified atom stereocenters.